The first-order valence-corrected chi connectivity index (χ1v) is 9.10. The Balaban J connectivity index is 1.51. The van der Waals surface area contributed by atoms with Gasteiger partial charge in [0, 0.05) is 25.5 Å². The quantitative estimate of drug-likeness (QED) is 0.457. The minimum atomic E-state index is -0.204. The van der Waals surface area contributed by atoms with Crippen LogP contribution in [0.5, 0.6) is 5.75 Å². The Labute approximate surface area is 153 Å². The van der Waals surface area contributed by atoms with Crippen molar-refractivity contribution in [1.29, 1.82) is 0 Å². The van der Waals surface area contributed by atoms with Crippen LogP contribution >= 0.6 is 11.3 Å². The minimum Gasteiger partial charge on any atom is -0.506 e. The van der Waals surface area contributed by atoms with Crippen LogP contribution in [0, 0.1) is 0 Å². The number of H-pyrrole nitrogens is 1. The molecule has 132 valence electrons. The number of carbonyl (C=O) groups excluding carboxylic acids is 1. The van der Waals surface area contributed by atoms with Crippen molar-refractivity contribution in [1.82, 2.24) is 24.8 Å². The molecule has 26 heavy (non-hydrogen) atoms. The number of aromatic amines is 1. The maximum Gasteiger partial charge on any atom is 0.253 e. The Hall–Kier alpha value is -3.13. The van der Waals surface area contributed by atoms with Gasteiger partial charge in [-0.15, -0.1) is 11.3 Å². The van der Waals surface area contributed by atoms with Gasteiger partial charge in [0.2, 0.25) is 0 Å². The zero-order valence-corrected chi connectivity index (χ0v) is 14.7. The number of hydrogen-bond acceptors (Lipinski definition) is 5. The van der Waals surface area contributed by atoms with Gasteiger partial charge < -0.3 is 20.0 Å². The topological polar surface area (TPSA) is 95.8 Å². The number of imidazole rings is 2. The first-order chi connectivity index (χ1) is 12.7. The highest BCUT2D eigenvalue weighted by molar-refractivity contribution is 7.13. The molecule has 0 atom stereocenters. The van der Waals surface area contributed by atoms with Gasteiger partial charge in [0.15, 0.2) is 0 Å². The van der Waals surface area contributed by atoms with Crippen LogP contribution in [0.2, 0.25) is 0 Å². The number of phenolic OH excluding ortho intramolecular Hbond substituents is 1. The zero-order valence-electron chi connectivity index (χ0n) is 13.8. The molecule has 4 aromatic rings. The summed E-state index contributed by atoms with van der Waals surface area (Å²) in [6.45, 7) is 1.33. The Kier molecular flexibility index (Phi) is 4.40. The van der Waals surface area contributed by atoms with Crippen molar-refractivity contribution in [3.8, 4) is 16.5 Å². The first-order valence-electron chi connectivity index (χ1n) is 8.22. The standard InChI is InChI=1S/C18H17N5O2S/c24-13-5-4-12(18(25)20-6-2-8-23-9-7-19-11-23)15-16(13)22-17(21-15)14-3-1-10-26-14/h1,3-5,7,9-11,24H,2,6,8H2,(H,20,25)(H,21,22). The third-order valence-corrected chi connectivity index (χ3v) is 4.94. The lowest BCUT2D eigenvalue weighted by atomic mass is 10.1. The predicted molar refractivity (Wildman–Crippen MR) is 100 cm³/mol. The van der Waals surface area contributed by atoms with Crippen LogP contribution < -0.4 is 5.32 Å². The van der Waals surface area contributed by atoms with E-state index < -0.39 is 0 Å². The maximum absolute atomic E-state index is 12.6. The third kappa shape index (κ3) is 3.18. The highest BCUT2D eigenvalue weighted by atomic mass is 32.1. The number of benzene rings is 1. The van der Waals surface area contributed by atoms with E-state index in [9.17, 15) is 9.90 Å². The lowest BCUT2D eigenvalue weighted by Gasteiger charge is -2.07. The number of hydrogen-bond donors (Lipinski definition) is 3. The number of amides is 1. The van der Waals surface area contributed by atoms with E-state index >= 15 is 0 Å². The molecule has 0 fully saturated rings. The summed E-state index contributed by atoms with van der Waals surface area (Å²) in [5, 5.41) is 15.0. The van der Waals surface area contributed by atoms with Gasteiger partial charge in [-0.25, -0.2) is 9.97 Å². The molecule has 3 N–H and O–H groups in total. The number of aromatic nitrogens is 4. The Morgan fingerprint density at radius 3 is 3.04 bits per heavy atom. The molecule has 8 heteroatoms. The molecule has 0 spiro atoms. The lowest BCUT2D eigenvalue weighted by molar-refractivity contribution is 0.0954. The van der Waals surface area contributed by atoms with Crippen molar-refractivity contribution in [2.75, 3.05) is 6.54 Å². The average Bonchev–Trinajstić information content (AvgIpc) is 3.39. The Morgan fingerprint density at radius 2 is 2.27 bits per heavy atom. The van der Waals surface area contributed by atoms with Crippen LogP contribution in [0.25, 0.3) is 21.7 Å². The van der Waals surface area contributed by atoms with Gasteiger partial charge in [-0.05, 0) is 30.0 Å². The van der Waals surface area contributed by atoms with Crippen molar-refractivity contribution >= 4 is 28.3 Å². The third-order valence-electron chi connectivity index (χ3n) is 4.06. The van der Waals surface area contributed by atoms with Crippen molar-refractivity contribution in [3.63, 3.8) is 0 Å². The SMILES string of the molecule is O=C(NCCCn1ccnc1)c1ccc(O)c2[nH]c(-c3cccs3)nc12. The molecule has 0 unspecified atom stereocenters. The summed E-state index contributed by atoms with van der Waals surface area (Å²) < 4.78 is 1.96. The summed E-state index contributed by atoms with van der Waals surface area (Å²) >= 11 is 1.54. The van der Waals surface area contributed by atoms with E-state index in [0.29, 0.717) is 29.0 Å². The second-order valence-electron chi connectivity index (χ2n) is 5.83. The van der Waals surface area contributed by atoms with E-state index in [-0.39, 0.29) is 11.7 Å². The maximum atomic E-state index is 12.6. The summed E-state index contributed by atoms with van der Waals surface area (Å²) in [6.07, 6.45) is 6.17. The number of phenols is 1. The molecule has 1 aromatic carbocycles. The number of nitrogens with zero attached hydrogens (tertiary/aromatic N) is 3. The van der Waals surface area contributed by atoms with E-state index in [1.165, 1.54) is 6.07 Å². The van der Waals surface area contributed by atoms with E-state index in [0.717, 1.165) is 17.8 Å². The van der Waals surface area contributed by atoms with E-state index in [4.69, 9.17) is 0 Å². The van der Waals surface area contributed by atoms with Crippen molar-refractivity contribution in [3.05, 3.63) is 53.9 Å². The average molecular weight is 367 g/mol. The number of carbonyl (C=O) groups is 1. The van der Waals surface area contributed by atoms with Crippen molar-refractivity contribution < 1.29 is 9.90 Å². The molecule has 1 amide bonds. The molecule has 3 aromatic heterocycles. The molecule has 0 bridgehead atoms. The summed E-state index contributed by atoms with van der Waals surface area (Å²) in [4.78, 5) is 25.1. The van der Waals surface area contributed by atoms with Gasteiger partial charge in [0.1, 0.15) is 22.6 Å². The van der Waals surface area contributed by atoms with Crippen LogP contribution in [0.4, 0.5) is 0 Å². The van der Waals surface area contributed by atoms with Gasteiger partial charge in [-0.2, -0.15) is 0 Å². The molecule has 4 rings (SSSR count). The normalized spacial score (nSPS) is 11.1. The molecular formula is C18H17N5O2S. The number of fused-ring (bicyclic) bond motifs is 1. The fourth-order valence-electron chi connectivity index (χ4n) is 2.77. The van der Waals surface area contributed by atoms with Gasteiger partial charge >= 0.3 is 0 Å². The number of aromatic hydroxyl groups is 1. The highest BCUT2D eigenvalue weighted by Crippen LogP contribution is 2.30. The largest absolute Gasteiger partial charge is 0.506 e. The molecular weight excluding hydrogens is 350 g/mol. The van der Waals surface area contributed by atoms with Crippen LogP contribution in [-0.4, -0.2) is 37.1 Å². The molecule has 0 radical (unpaired) electrons. The van der Waals surface area contributed by atoms with Crippen LogP contribution in [0.15, 0.2) is 48.4 Å². The van der Waals surface area contributed by atoms with Gasteiger partial charge in [0.25, 0.3) is 5.91 Å². The van der Waals surface area contributed by atoms with Crippen LogP contribution in [0.1, 0.15) is 16.8 Å². The van der Waals surface area contributed by atoms with Crippen LogP contribution in [0.3, 0.4) is 0 Å². The van der Waals surface area contributed by atoms with Crippen molar-refractivity contribution in [2.45, 2.75) is 13.0 Å². The lowest BCUT2D eigenvalue weighted by Crippen LogP contribution is -2.25. The molecule has 3 heterocycles. The Morgan fingerprint density at radius 1 is 1.35 bits per heavy atom. The zero-order chi connectivity index (χ0) is 17.9. The van der Waals surface area contributed by atoms with E-state index in [1.54, 1.807) is 29.9 Å². The molecule has 0 saturated heterocycles. The fourth-order valence-corrected chi connectivity index (χ4v) is 3.44. The second kappa shape index (κ2) is 7.01. The van der Waals surface area contributed by atoms with Gasteiger partial charge in [0.05, 0.1) is 16.8 Å². The van der Waals surface area contributed by atoms with Crippen molar-refractivity contribution in [2.24, 2.45) is 0 Å². The van der Waals surface area contributed by atoms with Gasteiger partial charge in [-0.1, -0.05) is 6.07 Å². The summed E-state index contributed by atoms with van der Waals surface area (Å²) in [5.74, 6) is 0.516. The summed E-state index contributed by atoms with van der Waals surface area (Å²) in [5.41, 5.74) is 1.39. The molecule has 7 nitrogen and oxygen atoms in total. The summed E-state index contributed by atoms with van der Waals surface area (Å²) in [7, 11) is 0. The Bertz CT molecular complexity index is 1020. The number of nitrogens with one attached hydrogen (secondary N) is 2. The minimum absolute atomic E-state index is 0.0759. The molecule has 0 aliphatic heterocycles. The van der Waals surface area contributed by atoms with E-state index in [1.807, 2.05) is 28.3 Å². The number of rotatable bonds is 6. The first kappa shape index (κ1) is 16.3. The van der Waals surface area contributed by atoms with E-state index in [2.05, 4.69) is 20.3 Å². The number of aryl methyl sites for hydroxylation is 1. The van der Waals surface area contributed by atoms with Gasteiger partial charge in [-0.3, -0.25) is 4.79 Å². The highest BCUT2D eigenvalue weighted by Gasteiger charge is 2.17. The molecule has 0 aliphatic rings. The second-order valence-corrected chi connectivity index (χ2v) is 6.78. The smallest absolute Gasteiger partial charge is 0.253 e. The predicted octanol–water partition coefficient (Wildman–Crippen LogP) is 3.01. The monoisotopic (exact) mass is 367 g/mol. The number of thiophene rings is 1. The van der Waals surface area contributed by atoms with Crippen LogP contribution in [-0.2, 0) is 6.54 Å². The molecule has 0 aliphatic carbocycles. The molecule has 0 saturated carbocycles. The summed E-state index contributed by atoms with van der Waals surface area (Å²) in [6, 6.07) is 6.98. The fraction of sp³-hybridized carbons (Fsp3) is 0.167.